The third-order valence-corrected chi connectivity index (χ3v) is 20.7. The van der Waals surface area contributed by atoms with Crippen LogP contribution in [0.5, 0.6) is 0 Å². The summed E-state index contributed by atoms with van der Waals surface area (Å²) >= 11 is 0. The number of benzene rings is 16. The van der Waals surface area contributed by atoms with Gasteiger partial charge in [0.15, 0.2) is 34.9 Å². The molecule has 0 aliphatic rings. The van der Waals surface area contributed by atoms with Crippen molar-refractivity contribution in [2.45, 2.75) is 0 Å². The van der Waals surface area contributed by atoms with Crippen LogP contribution in [0.2, 0.25) is 0 Å². The van der Waals surface area contributed by atoms with Crippen molar-refractivity contribution < 1.29 is 0 Å². The number of para-hydroxylation sites is 4. The van der Waals surface area contributed by atoms with Crippen LogP contribution in [0.3, 0.4) is 0 Å². The van der Waals surface area contributed by atoms with Gasteiger partial charge in [-0.3, -0.25) is 0 Å². The second-order valence-electron chi connectivity index (χ2n) is 27.0. The predicted octanol–water partition coefficient (Wildman–Crippen LogP) is 24.9. The highest BCUT2D eigenvalue weighted by molar-refractivity contribution is 6.10. The molecule has 0 atom stereocenters. The van der Waals surface area contributed by atoms with Gasteiger partial charge in [0.05, 0.1) is 22.1 Å². The lowest BCUT2D eigenvalue weighted by Crippen LogP contribution is -2.01. The summed E-state index contributed by atoms with van der Waals surface area (Å²) in [6, 6.07) is 133. The fraction of sp³-hybridized carbons (Fsp3) is 0. The van der Waals surface area contributed by atoms with E-state index in [4.69, 9.17) is 29.9 Å². The van der Waals surface area contributed by atoms with Crippen LogP contribution in [0, 0.1) is 0 Å². The summed E-state index contributed by atoms with van der Waals surface area (Å²) in [6.07, 6.45) is 0. The van der Waals surface area contributed by atoms with Crippen LogP contribution in [0.1, 0.15) is 0 Å². The van der Waals surface area contributed by atoms with Gasteiger partial charge < -0.3 is 9.13 Å². The average molecular weight is 1350 g/mol. The highest BCUT2D eigenvalue weighted by atomic mass is 15.0. The first-order valence-electron chi connectivity index (χ1n) is 35.8. The number of aromatic nitrogens is 8. The third kappa shape index (κ3) is 11.3. The fourth-order valence-corrected chi connectivity index (χ4v) is 15.2. The van der Waals surface area contributed by atoms with E-state index >= 15 is 0 Å². The third-order valence-electron chi connectivity index (χ3n) is 20.7. The zero-order chi connectivity index (χ0) is 70.0. The Balaban J connectivity index is 0.567. The molecule has 8 heteroatoms. The predicted molar refractivity (Wildman–Crippen MR) is 437 cm³/mol. The first-order valence-corrected chi connectivity index (χ1v) is 35.8. The number of hydrogen-bond donors (Lipinski definition) is 0. The zero-order valence-corrected chi connectivity index (χ0v) is 57.4. The van der Waals surface area contributed by atoms with Gasteiger partial charge in [-0.15, -0.1) is 0 Å². The average Bonchev–Trinajstić information content (AvgIpc) is 1.60. The highest BCUT2D eigenvalue weighted by Crippen LogP contribution is 2.39. The summed E-state index contributed by atoms with van der Waals surface area (Å²) in [5.41, 5.74) is 23.4. The number of rotatable bonds is 13. The molecule has 494 valence electrons. The lowest BCUT2D eigenvalue weighted by Gasteiger charge is -2.12. The molecular weight excluding hydrogens is 1290 g/mol. The standard InChI is InChI=1S/C98H62N8/c1-2-15-63(16-3-1)65-33-42-71(43-34-65)93-99-94(101-97(100-93)75-55-57-83(58-56-75)105-89-25-10-6-21-85(89)86-22-7-11-26-90(86)105)73-46-39-70(40-47-73)79-52-54-80-60-78(51-53-81(80)61-79)68-31-29-66(30-32-68)67-35-44-72(45-36-67)95-102-96(74-48-37-69(38-49-74)77-50-41-64-17-4-5-18-76(64)59-77)104-98(103-95)82-19-14-20-84(62-82)106-91-27-12-8-23-87(91)88-24-9-13-28-92(88)106/h1-62H. The smallest absolute Gasteiger partial charge is 0.164 e. The van der Waals surface area contributed by atoms with Crippen molar-refractivity contribution in [3.63, 3.8) is 0 Å². The second-order valence-corrected chi connectivity index (χ2v) is 27.0. The van der Waals surface area contributed by atoms with E-state index in [1.807, 2.05) is 6.07 Å². The SMILES string of the molecule is c1ccc(-c2ccc(-c3nc(-c4ccc(-c5ccc6cc(-c7ccc(-c8ccc(-c9nc(-c%10ccc(-c%11ccc%12ccccc%12c%11)cc%10)nc(-c%10cccc(-n%11c%12ccccc%12c%12ccccc%12%11)c%10)n9)cc8)cc7)ccc6c5)cc4)nc(-c4ccc(-n5c6ccccc6c6ccccc65)cc4)n3)cc2)cc1. The molecule has 20 aromatic rings. The Morgan fingerprint density at radius 2 is 0.387 bits per heavy atom. The molecule has 4 aromatic heterocycles. The normalized spacial score (nSPS) is 11.6. The molecule has 0 amide bonds. The summed E-state index contributed by atoms with van der Waals surface area (Å²) in [7, 11) is 0. The highest BCUT2D eigenvalue weighted by Gasteiger charge is 2.20. The number of nitrogens with zero attached hydrogens (tertiary/aromatic N) is 8. The Morgan fingerprint density at radius 3 is 0.764 bits per heavy atom. The maximum atomic E-state index is 5.25. The first kappa shape index (κ1) is 61.5. The summed E-state index contributed by atoms with van der Waals surface area (Å²) in [5, 5.41) is 9.63. The molecule has 4 heterocycles. The van der Waals surface area contributed by atoms with Gasteiger partial charge in [-0.1, -0.05) is 297 Å². The molecule has 0 saturated carbocycles. The van der Waals surface area contributed by atoms with Crippen LogP contribution in [-0.2, 0) is 0 Å². The Bertz CT molecular complexity index is 6660. The number of hydrogen-bond acceptors (Lipinski definition) is 6. The summed E-state index contributed by atoms with van der Waals surface area (Å²) in [6.45, 7) is 0. The van der Waals surface area contributed by atoms with Gasteiger partial charge >= 0.3 is 0 Å². The van der Waals surface area contributed by atoms with E-state index in [9.17, 15) is 0 Å². The second kappa shape index (κ2) is 25.9. The van der Waals surface area contributed by atoms with E-state index in [0.717, 1.165) is 128 Å². The minimum absolute atomic E-state index is 0.597. The summed E-state index contributed by atoms with van der Waals surface area (Å²) < 4.78 is 4.66. The van der Waals surface area contributed by atoms with Crippen LogP contribution in [0.4, 0.5) is 0 Å². The van der Waals surface area contributed by atoms with E-state index < -0.39 is 0 Å². The number of fused-ring (bicyclic) bond motifs is 8. The van der Waals surface area contributed by atoms with Crippen molar-refractivity contribution in [1.29, 1.82) is 0 Å². The monoisotopic (exact) mass is 1350 g/mol. The molecule has 0 spiro atoms. The van der Waals surface area contributed by atoms with Gasteiger partial charge in [0.25, 0.3) is 0 Å². The maximum Gasteiger partial charge on any atom is 0.164 e. The molecule has 20 rings (SSSR count). The van der Waals surface area contributed by atoms with Gasteiger partial charge in [-0.2, -0.15) is 0 Å². The molecule has 0 unspecified atom stereocenters. The van der Waals surface area contributed by atoms with Gasteiger partial charge in [-0.25, -0.2) is 29.9 Å². The molecule has 16 aromatic carbocycles. The fourth-order valence-electron chi connectivity index (χ4n) is 15.2. The molecule has 106 heavy (non-hydrogen) atoms. The summed E-state index contributed by atoms with van der Waals surface area (Å²) in [5.74, 6) is 3.62. The largest absolute Gasteiger partial charge is 0.309 e. The molecule has 0 saturated heterocycles. The van der Waals surface area contributed by atoms with Crippen LogP contribution in [0.15, 0.2) is 376 Å². The Hall–Kier alpha value is -14.3. The molecule has 0 radical (unpaired) electrons. The Labute approximate surface area is 611 Å². The van der Waals surface area contributed by atoms with Crippen LogP contribution in [0.25, 0.3) is 200 Å². The van der Waals surface area contributed by atoms with E-state index in [0.29, 0.717) is 34.9 Å². The van der Waals surface area contributed by atoms with Gasteiger partial charge in [-0.05, 0) is 156 Å². The van der Waals surface area contributed by atoms with Crippen molar-refractivity contribution in [3.8, 4) is 135 Å². The minimum atomic E-state index is 0.597. The van der Waals surface area contributed by atoms with Crippen molar-refractivity contribution in [3.05, 3.63) is 376 Å². The topological polar surface area (TPSA) is 87.2 Å². The van der Waals surface area contributed by atoms with E-state index in [2.05, 4.69) is 379 Å². The van der Waals surface area contributed by atoms with Crippen molar-refractivity contribution >= 4 is 65.2 Å². The quantitative estimate of drug-likeness (QED) is 0.114. The lowest BCUT2D eigenvalue weighted by molar-refractivity contribution is 1.07. The van der Waals surface area contributed by atoms with Gasteiger partial charge in [0, 0.05) is 66.3 Å². The maximum absolute atomic E-state index is 5.25. The Morgan fingerprint density at radius 1 is 0.142 bits per heavy atom. The molecule has 0 aliphatic heterocycles. The lowest BCUT2D eigenvalue weighted by atomic mass is 9.96. The Kier molecular flexibility index (Phi) is 15.0. The van der Waals surface area contributed by atoms with E-state index in [1.54, 1.807) is 0 Å². The molecule has 8 nitrogen and oxygen atoms in total. The van der Waals surface area contributed by atoms with Crippen LogP contribution < -0.4 is 0 Å². The van der Waals surface area contributed by atoms with E-state index in [1.165, 1.54) is 37.7 Å². The molecule has 0 bridgehead atoms. The molecule has 0 aliphatic carbocycles. The minimum Gasteiger partial charge on any atom is -0.309 e. The zero-order valence-electron chi connectivity index (χ0n) is 57.4. The summed E-state index contributed by atoms with van der Waals surface area (Å²) in [4.78, 5) is 31.2. The van der Waals surface area contributed by atoms with Gasteiger partial charge in [0.2, 0.25) is 0 Å². The van der Waals surface area contributed by atoms with Crippen LogP contribution >= 0.6 is 0 Å². The first-order chi connectivity index (χ1) is 52.5. The van der Waals surface area contributed by atoms with Gasteiger partial charge in [0.1, 0.15) is 0 Å². The van der Waals surface area contributed by atoms with E-state index in [-0.39, 0.29) is 0 Å². The van der Waals surface area contributed by atoms with Crippen molar-refractivity contribution in [2.24, 2.45) is 0 Å². The van der Waals surface area contributed by atoms with Crippen molar-refractivity contribution in [2.75, 3.05) is 0 Å². The molecular formula is C98H62N8. The van der Waals surface area contributed by atoms with Crippen molar-refractivity contribution in [1.82, 2.24) is 39.0 Å². The molecule has 0 fully saturated rings. The van der Waals surface area contributed by atoms with Crippen LogP contribution in [-0.4, -0.2) is 39.0 Å². The molecule has 0 N–H and O–H groups in total.